The number of primary amides is 2. The highest BCUT2D eigenvalue weighted by Crippen LogP contribution is 2.55. The molecule has 6 aliphatic carbocycles. The molecular formula is C46H48N4O14. The molecule has 18 nitrogen and oxygen atoms in total. The van der Waals surface area contributed by atoms with Crippen LogP contribution in [0.15, 0.2) is 58.1 Å². The fourth-order valence-electron chi connectivity index (χ4n) is 11.0. The summed E-state index contributed by atoms with van der Waals surface area (Å²) in [6.07, 6.45) is 6.79. The number of carbonyl (C=O) groups is 6. The summed E-state index contributed by atoms with van der Waals surface area (Å²) < 4.78 is 0. The number of rotatable bonds is 5. The van der Waals surface area contributed by atoms with Gasteiger partial charge in [0.2, 0.25) is 11.6 Å². The van der Waals surface area contributed by atoms with Gasteiger partial charge in [0, 0.05) is 28.5 Å². The van der Waals surface area contributed by atoms with E-state index in [1.165, 1.54) is 28.0 Å². The van der Waals surface area contributed by atoms with Gasteiger partial charge in [-0.15, -0.1) is 6.42 Å². The lowest BCUT2D eigenvalue weighted by Crippen LogP contribution is -2.65. The molecule has 12 N–H and O–H groups in total. The van der Waals surface area contributed by atoms with E-state index in [0.29, 0.717) is 29.5 Å². The number of aliphatic hydroxyl groups is 6. The minimum atomic E-state index is -2.65. The molecule has 2 amide bonds. The summed E-state index contributed by atoms with van der Waals surface area (Å²) in [6.45, 7) is 1.93. The number of hydrogen-bond donors (Lipinski definition) is 10. The summed E-state index contributed by atoms with van der Waals surface area (Å²) in [5.41, 5.74) is 5.93. The molecule has 0 aromatic heterocycles. The van der Waals surface area contributed by atoms with E-state index in [9.17, 15) is 69.6 Å². The van der Waals surface area contributed by atoms with Crippen LogP contribution in [-0.2, 0) is 48.0 Å². The molecule has 18 heteroatoms. The molecule has 8 rings (SSSR count). The lowest BCUT2D eigenvalue weighted by molar-refractivity contribution is -0.155. The number of terminal acetylenes is 1. The second kappa shape index (κ2) is 15.5. The molecule has 0 unspecified atom stereocenters. The molecule has 0 aliphatic heterocycles. The van der Waals surface area contributed by atoms with Gasteiger partial charge in [-0.1, -0.05) is 18.9 Å². The highest BCUT2D eigenvalue weighted by Gasteiger charge is 2.66. The molecule has 8 atom stereocenters. The predicted octanol–water partition coefficient (Wildman–Crippen LogP) is 0.472. The number of aromatic hydroxyl groups is 2. The Bertz CT molecular complexity index is 2700. The van der Waals surface area contributed by atoms with Crippen LogP contribution in [0.4, 0.5) is 0 Å². The zero-order chi connectivity index (χ0) is 47.4. The number of carbonyl (C=O) groups excluding carboxylic acids is 6. The second-order valence-electron chi connectivity index (χ2n) is 17.5. The van der Waals surface area contributed by atoms with Crippen LogP contribution in [0, 0.1) is 36.0 Å². The molecule has 2 aromatic carbocycles. The Morgan fingerprint density at radius 1 is 0.688 bits per heavy atom. The summed E-state index contributed by atoms with van der Waals surface area (Å²) >= 11 is 0. The number of fused-ring (bicyclic) bond motifs is 6. The largest absolute Gasteiger partial charge is 0.508 e. The number of amides is 2. The van der Waals surface area contributed by atoms with Crippen LogP contribution in [0.2, 0.25) is 0 Å². The number of phenolic OH excluding ortho intramolecular Hbond substituents is 2. The Morgan fingerprint density at radius 2 is 1.08 bits per heavy atom. The first-order valence-electron chi connectivity index (χ1n) is 20.4. The number of aryl methyl sites for hydroxylation is 1. The number of nitrogens with two attached hydrogens (primary N) is 2. The Balaban J connectivity index is 0.000000191. The molecule has 6 aliphatic rings. The van der Waals surface area contributed by atoms with Crippen molar-refractivity contribution in [2.45, 2.75) is 62.3 Å². The first-order valence-corrected chi connectivity index (χ1v) is 20.4. The molecule has 2 aromatic rings. The van der Waals surface area contributed by atoms with E-state index in [2.05, 4.69) is 5.92 Å². The van der Waals surface area contributed by atoms with Gasteiger partial charge in [-0.2, -0.15) is 0 Å². The van der Waals surface area contributed by atoms with Gasteiger partial charge in [-0.3, -0.25) is 38.6 Å². The van der Waals surface area contributed by atoms with Gasteiger partial charge in [0.05, 0.1) is 23.2 Å². The zero-order valence-corrected chi connectivity index (χ0v) is 35.5. The van der Waals surface area contributed by atoms with E-state index >= 15 is 0 Å². The van der Waals surface area contributed by atoms with Crippen molar-refractivity contribution in [1.29, 1.82) is 0 Å². The van der Waals surface area contributed by atoms with Crippen LogP contribution in [0.25, 0.3) is 11.5 Å². The first kappa shape index (κ1) is 45.3. The Labute approximate surface area is 366 Å². The summed E-state index contributed by atoms with van der Waals surface area (Å²) in [5, 5.41) is 87.2. The molecule has 336 valence electrons. The molecule has 0 heterocycles. The number of ketones is 4. The molecule has 64 heavy (non-hydrogen) atoms. The average Bonchev–Trinajstić information content (AvgIpc) is 3.20. The molecule has 0 radical (unpaired) electrons. The van der Waals surface area contributed by atoms with Crippen LogP contribution < -0.4 is 11.5 Å². The lowest BCUT2D eigenvalue weighted by Gasteiger charge is -2.50. The van der Waals surface area contributed by atoms with Crippen molar-refractivity contribution in [2.24, 2.45) is 35.1 Å². The molecular weight excluding hydrogens is 833 g/mol. The smallest absolute Gasteiger partial charge is 0.255 e. The minimum Gasteiger partial charge on any atom is -0.508 e. The van der Waals surface area contributed by atoms with Crippen molar-refractivity contribution in [1.82, 2.24) is 9.80 Å². The number of phenols is 2. The van der Waals surface area contributed by atoms with Crippen LogP contribution >= 0.6 is 0 Å². The Kier molecular flexibility index (Phi) is 10.9. The van der Waals surface area contributed by atoms with E-state index in [1.807, 2.05) is 6.92 Å². The van der Waals surface area contributed by atoms with Gasteiger partial charge in [-0.05, 0) is 107 Å². The minimum absolute atomic E-state index is 0.0169. The second-order valence-corrected chi connectivity index (χ2v) is 17.5. The van der Waals surface area contributed by atoms with Gasteiger partial charge in [-0.25, -0.2) is 0 Å². The standard InChI is InChI=1S/C23H26N2O7.C23H22N2O7/c2*1-4-9-5-6-13(26)15-11(9)7-10-8-12-17(25(2)3)19(28)16(22(24)31)21(30)23(12,32)20(29)14(10)18(15)27/h5-6,10,12,17,26-27,30,32H,4,7-8H2,1-3H3,(H2,24,31);1,5-6,10,12,17,26-27,30,32H,7-8H2,2-3H3,(H2,24,31)/t2*10-,12-,17-,23-/m00/s1. The third-order valence-corrected chi connectivity index (χ3v) is 13.8. The zero-order valence-electron chi connectivity index (χ0n) is 35.5. The predicted molar refractivity (Wildman–Crippen MR) is 226 cm³/mol. The highest BCUT2D eigenvalue weighted by molar-refractivity contribution is 6.25. The number of likely N-dealkylation sites (N-methyl/N-ethyl adjacent to an activating group) is 2. The normalized spacial score (nSPS) is 29.6. The van der Waals surface area contributed by atoms with Crippen molar-refractivity contribution in [3.8, 4) is 23.8 Å². The Morgan fingerprint density at radius 3 is 1.45 bits per heavy atom. The van der Waals surface area contributed by atoms with Crippen LogP contribution in [-0.4, -0.2) is 137 Å². The fraction of sp³-hybridized carbons (Fsp3) is 0.391. The number of aliphatic hydroxyl groups excluding tert-OH is 4. The monoisotopic (exact) mass is 880 g/mol. The average molecular weight is 881 g/mol. The van der Waals surface area contributed by atoms with Gasteiger partial charge < -0.3 is 52.3 Å². The molecule has 2 fully saturated rings. The molecule has 0 spiro atoms. The highest BCUT2D eigenvalue weighted by atomic mass is 16.4. The summed E-state index contributed by atoms with van der Waals surface area (Å²) in [4.78, 5) is 80.0. The Hall–Kier alpha value is -6.78. The van der Waals surface area contributed by atoms with Gasteiger partial charge >= 0.3 is 0 Å². The molecule has 0 saturated heterocycles. The van der Waals surface area contributed by atoms with Gasteiger partial charge in [0.15, 0.2) is 22.8 Å². The summed E-state index contributed by atoms with van der Waals surface area (Å²) in [5.74, 6) is -10.7. The topological polar surface area (TPSA) is 323 Å². The van der Waals surface area contributed by atoms with Crippen molar-refractivity contribution in [3.63, 3.8) is 0 Å². The lowest BCUT2D eigenvalue weighted by atomic mass is 9.57. The first-order chi connectivity index (χ1) is 29.9. The maximum atomic E-state index is 13.6. The fourth-order valence-corrected chi connectivity index (χ4v) is 11.0. The van der Waals surface area contributed by atoms with E-state index in [0.717, 1.165) is 5.56 Å². The van der Waals surface area contributed by atoms with E-state index in [-0.39, 0.29) is 53.0 Å². The number of nitrogens with zero attached hydrogens (tertiary/aromatic N) is 2. The van der Waals surface area contributed by atoms with E-state index in [4.69, 9.17) is 17.9 Å². The number of Topliss-reactive ketones (excluding diaryl/α,β-unsaturated/α-hetero) is 4. The molecule has 2 saturated carbocycles. The van der Waals surface area contributed by atoms with E-state index in [1.54, 1.807) is 34.3 Å². The SMILES string of the molecule is C#Cc1ccc(O)c2c1C[C@H]1C[C@H]3[C@H](N(C)C)C(=O)C(C(N)=O)=C(O)[C@@]3(O)C(=O)C1=C2O.CCc1ccc(O)c2c1C[C@H]1C[C@H]3[C@H](N(C)C)C(=O)C(C(N)=O)=C(O)[C@@]3(O)C(=O)C1=C2O. The van der Waals surface area contributed by atoms with Crippen molar-refractivity contribution in [2.75, 3.05) is 28.2 Å². The summed E-state index contributed by atoms with van der Waals surface area (Å²) in [7, 11) is 6.23. The summed E-state index contributed by atoms with van der Waals surface area (Å²) in [6, 6.07) is 3.80. The van der Waals surface area contributed by atoms with Crippen molar-refractivity contribution < 1.29 is 69.6 Å². The number of hydrogen-bond acceptors (Lipinski definition) is 16. The van der Waals surface area contributed by atoms with Gasteiger partial charge in [0.25, 0.3) is 11.8 Å². The van der Waals surface area contributed by atoms with Crippen molar-refractivity contribution >= 4 is 46.5 Å². The van der Waals surface area contributed by atoms with Crippen LogP contribution in [0.1, 0.15) is 53.1 Å². The quantitative estimate of drug-likeness (QED) is 0.144. The van der Waals surface area contributed by atoms with Crippen LogP contribution in [0.3, 0.4) is 0 Å². The van der Waals surface area contributed by atoms with Crippen molar-refractivity contribution in [3.05, 3.63) is 91.5 Å². The number of benzene rings is 2. The third-order valence-electron chi connectivity index (χ3n) is 13.8. The van der Waals surface area contributed by atoms with Gasteiger partial charge in [0.1, 0.15) is 45.7 Å². The molecule has 0 bridgehead atoms. The maximum absolute atomic E-state index is 13.6. The van der Waals surface area contributed by atoms with Crippen LogP contribution in [0.5, 0.6) is 11.5 Å². The third kappa shape index (κ3) is 6.09. The van der Waals surface area contributed by atoms with E-state index < -0.39 is 116 Å². The maximum Gasteiger partial charge on any atom is 0.255 e.